The smallest absolute Gasteiger partial charge is 0.248 e. The fourth-order valence-corrected chi connectivity index (χ4v) is 2.56. The second-order valence-corrected chi connectivity index (χ2v) is 5.63. The summed E-state index contributed by atoms with van der Waals surface area (Å²) in [6, 6.07) is 16.5. The van der Waals surface area contributed by atoms with E-state index in [0.717, 1.165) is 11.3 Å². The number of nitrogens with zero attached hydrogens (tertiary/aromatic N) is 2. The molecule has 0 aliphatic rings. The molecule has 2 aromatic carbocycles. The summed E-state index contributed by atoms with van der Waals surface area (Å²) in [7, 11) is 0. The molecule has 2 N–H and O–H groups in total. The largest absolute Gasteiger partial charge is 0.337 e. The van der Waals surface area contributed by atoms with Crippen LogP contribution in [-0.2, 0) is 4.79 Å². The standard InChI is InChI=1S/C19H14N4OS/c20-13-15-4-1-3-14(11-15)7-8-18(24)22-16-5-2-6-17(12-16)23-10-9-21-19(23)25/h1-12H,(H,21,25)(H,22,24)/b8-7+. The number of imidazole rings is 1. The van der Waals surface area contributed by atoms with Crippen LogP contribution in [0, 0.1) is 16.1 Å². The van der Waals surface area contributed by atoms with Crippen molar-refractivity contribution in [2.75, 3.05) is 5.32 Å². The van der Waals surface area contributed by atoms with Crippen LogP contribution in [0.15, 0.2) is 67.0 Å². The quantitative estimate of drug-likeness (QED) is 0.553. The fraction of sp³-hybridized carbons (Fsp3) is 0. The van der Waals surface area contributed by atoms with Crippen molar-refractivity contribution < 1.29 is 4.79 Å². The summed E-state index contributed by atoms with van der Waals surface area (Å²) in [5.74, 6) is -0.253. The second-order valence-electron chi connectivity index (χ2n) is 5.25. The fourth-order valence-electron chi connectivity index (χ4n) is 2.32. The molecule has 1 aromatic heterocycles. The Hall–Kier alpha value is -3.43. The first kappa shape index (κ1) is 16.4. The summed E-state index contributed by atoms with van der Waals surface area (Å²) < 4.78 is 2.40. The van der Waals surface area contributed by atoms with Gasteiger partial charge in [0.1, 0.15) is 0 Å². The van der Waals surface area contributed by atoms with Crippen molar-refractivity contribution in [1.29, 1.82) is 5.26 Å². The van der Waals surface area contributed by atoms with Crippen molar-refractivity contribution in [3.05, 3.63) is 82.9 Å². The predicted octanol–water partition coefficient (Wildman–Crippen LogP) is 4.06. The third-order valence-corrected chi connectivity index (χ3v) is 3.80. The number of nitriles is 1. The molecule has 122 valence electrons. The molecule has 0 saturated carbocycles. The van der Waals surface area contributed by atoms with Gasteiger partial charge in [0, 0.05) is 29.8 Å². The molecule has 3 rings (SSSR count). The van der Waals surface area contributed by atoms with Crippen LogP contribution in [0.4, 0.5) is 5.69 Å². The van der Waals surface area contributed by atoms with E-state index in [0.29, 0.717) is 16.0 Å². The summed E-state index contributed by atoms with van der Waals surface area (Å²) in [4.78, 5) is 15.0. The van der Waals surface area contributed by atoms with Crippen LogP contribution >= 0.6 is 12.2 Å². The molecule has 1 amide bonds. The number of amides is 1. The topological polar surface area (TPSA) is 73.6 Å². The third kappa shape index (κ3) is 4.10. The summed E-state index contributed by atoms with van der Waals surface area (Å²) in [6.45, 7) is 0. The molecule has 0 fully saturated rings. The lowest BCUT2D eigenvalue weighted by Gasteiger charge is -2.06. The lowest BCUT2D eigenvalue weighted by Crippen LogP contribution is -2.08. The van der Waals surface area contributed by atoms with Crippen LogP contribution in [0.2, 0.25) is 0 Å². The van der Waals surface area contributed by atoms with Crippen molar-refractivity contribution in [3.8, 4) is 11.8 Å². The van der Waals surface area contributed by atoms with E-state index in [1.54, 1.807) is 30.5 Å². The van der Waals surface area contributed by atoms with Crippen LogP contribution in [0.3, 0.4) is 0 Å². The van der Waals surface area contributed by atoms with Gasteiger partial charge in [-0.1, -0.05) is 18.2 Å². The van der Waals surface area contributed by atoms with Crippen LogP contribution in [0.1, 0.15) is 11.1 Å². The van der Waals surface area contributed by atoms with Crippen LogP contribution in [0.25, 0.3) is 11.8 Å². The third-order valence-electron chi connectivity index (χ3n) is 3.48. The van der Waals surface area contributed by atoms with Gasteiger partial charge in [-0.2, -0.15) is 5.26 Å². The van der Waals surface area contributed by atoms with E-state index in [4.69, 9.17) is 17.5 Å². The Morgan fingerprint density at radius 3 is 2.84 bits per heavy atom. The van der Waals surface area contributed by atoms with Gasteiger partial charge in [-0.05, 0) is 54.2 Å². The number of aromatic amines is 1. The maximum atomic E-state index is 12.1. The Bertz CT molecular complexity index is 1040. The molecule has 0 spiro atoms. The van der Waals surface area contributed by atoms with Crippen molar-refractivity contribution in [1.82, 2.24) is 9.55 Å². The summed E-state index contributed by atoms with van der Waals surface area (Å²) in [6.07, 6.45) is 6.68. The molecule has 0 atom stereocenters. The zero-order valence-corrected chi connectivity index (χ0v) is 14.0. The van der Waals surface area contributed by atoms with Crippen LogP contribution in [0.5, 0.6) is 0 Å². The van der Waals surface area contributed by atoms with Gasteiger partial charge in [-0.25, -0.2) is 0 Å². The maximum absolute atomic E-state index is 12.1. The number of benzene rings is 2. The van der Waals surface area contributed by atoms with Gasteiger partial charge in [-0.15, -0.1) is 0 Å². The number of nitrogens with one attached hydrogen (secondary N) is 2. The molecule has 0 bridgehead atoms. The average molecular weight is 346 g/mol. The Morgan fingerprint density at radius 2 is 2.08 bits per heavy atom. The molecule has 5 nitrogen and oxygen atoms in total. The Morgan fingerprint density at radius 1 is 1.24 bits per heavy atom. The van der Waals surface area contributed by atoms with Crippen molar-refractivity contribution in [3.63, 3.8) is 0 Å². The first-order valence-corrected chi connectivity index (χ1v) is 7.92. The Balaban J connectivity index is 1.73. The highest BCUT2D eigenvalue weighted by molar-refractivity contribution is 7.71. The molecule has 0 saturated heterocycles. The Labute approximate surface area is 149 Å². The van der Waals surface area contributed by atoms with Gasteiger partial charge in [0.25, 0.3) is 0 Å². The van der Waals surface area contributed by atoms with Gasteiger partial charge in [0.2, 0.25) is 5.91 Å². The first-order chi connectivity index (χ1) is 12.2. The SMILES string of the molecule is N#Cc1cccc(/C=C/C(=O)Nc2cccc(-n3cc[nH]c3=S)c2)c1. The minimum Gasteiger partial charge on any atom is -0.337 e. The summed E-state index contributed by atoms with van der Waals surface area (Å²) in [5, 5.41) is 11.7. The molecule has 6 heteroatoms. The van der Waals surface area contributed by atoms with E-state index in [1.807, 2.05) is 41.1 Å². The van der Waals surface area contributed by atoms with Gasteiger partial charge in [0.15, 0.2) is 4.77 Å². The monoisotopic (exact) mass is 346 g/mol. The zero-order valence-electron chi connectivity index (χ0n) is 13.1. The molecule has 0 radical (unpaired) electrons. The van der Waals surface area contributed by atoms with E-state index in [1.165, 1.54) is 6.08 Å². The van der Waals surface area contributed by atoms with Gasteiger partial charge >= 0.3 is 0 Å². The predicted molar refractivity (Wildman–Crippen MR) is 99.8 cm³/mol. The van der Waals surface area contributed by atoms with E-state index < -0.39 is 0 Å². The van der Waals surface area contributed by atoms with Crippen molar-refractivity contribution in [2.24, 2.45) is 0 Å². The van der Waals surface area contributed by atoms with Gasteiger partial charge < -0.3 is 10.3 Å². The lowest BCUT2D eigenvalue weighted by molar-refractivity contribution is -0.111. The van der Waals surface area contributed by atoms with Crippen molar-refractivity contribution in [2.45, 2.75) is 0 Å². The molecule has 0 aliphatic carbocycles. The molecule has 1 heterocycles. The molecule has 25 heavy (non-hydrogen) atoms. The number of hydrogen-bond acceptors (Lipinski definition) is 3. The van der Waals surface area contributed by atoms with Crippen molar-refractivity contribution >= 4 is 29.9 Å². The van der Waals surface area contributed by atoms with Crippen LogP contribution in [-0.4, -0.2) is 15.5 Å². The number of H-pyrrole nitrogens is 1. The minimum atomic E-state index is -0.253. The highest BCUT2D eigenvalue weighted by atomic mass is 32.1. The van der Waals surface area contributed by atoms with Gasteiger partial charge in [0.05, 0.1) is 11.6 Å². The summed E-state index contributed by atoms with van der Waals surface area (Å²) in [5.41, 5.74) is 2.87. The lowest BCUT2D eigenvalue weighted by atomic mass is 10.1. The maximum Gasteiger partial charge on any atom is 0.248 e. The molecule has 3 aromatic rings. The number of aromatic nitrogens is 2. The number of carbonyl (C=O) groups excluding carboxylic acids is 1. The highest BCUT2D eigenvalue weighted by Gasteiger charge is 2.02. The van der Waals surface area contributed by atoms with Gasteiger partial charge in [-0.3, -0.25) is 9.36 Å². The van der Waals surface area contributed by atoms with E-state index in [-0.39, 0.29) is 5.91 Å². The number of hydrogen-bond donors (Lipinski definition) is 2. The molecular weight excluding hydrogens is 332 g/mol. The first-order valence-electron chi connectivity index (χ1n) is 7.51. The average Bonchev–Trinajstić information content (AvgIpc) is 3.06. The Kier molecular flexibility index (Phi) is 4.88. The number of carbonyl (C=O) groups is 1. The highest BCUT2D eigenvalue weighted by Crippen LogP contribution is 2.15. The van der Waals surface area contributed by atoms with E-state index >= 15 is 0 Å². The number of anilines is 1. The normalized spacial score (nSPS) is 10.5. The number of rotatable bonds is 4. The molecule has 0 unspecified atom stereocenters. The van der Waals surface area contributed by atoms with E-state index in [2.05, 4.69) is 16.4 Å². The van der Waals surface area contributed by atoms with Crippen LogP contribution < -0.4 is 5.32 Å². The zero-order chi connectivity index (χ0) is 17.6. The summed E-state index contributed by atoms with van der Waals surface area (Å²) >= 11 is 5.20. The van der Waals surface area contributed by atoms with E-state index in [9.17, 15) is 4.79 Å². The second kappa shape index (κ2) is 7.43. The molecular formula is C19H14N4OS. The molecule has 0 aliphatic heterocycles. The minimum absolute atomic E-state index is 0.253.